The van der Waals surface area contributed by atoms with E-state index in [9.17, 15) is 14.7 Å². The lowest BCUT2D eigenvalue weighted by atomic mass is 9.72. The number of carbonyl (C=O) groups is 2. The van der Waals surface area contributed by atoms with Gasteiger partial charge in [-0.05, 0) is 47.9 Å². The summed E-state index contributed by atoms with van der Waals surface area (Å²) in [5.41, 5.74) is 2.07. The molecule has 0 spiro atoms. The molecule has 0 bridgehead atoms. The van der Waals surface area contributed by atoms with Crippen molar-refractivity contribution in [1.29, 1.82) is 0 Å². The maximum Gasteiger partial charge on any atom is 0.317 e. The van der Waals surface area contributed by atoms with Gasteiger partial charge < -0.3 is 14.6 Å². The van der Waals surface area contributed by atoms with Crippen LogP contribution in [0.15, 0.2) is 66.7 Å². The van der Waals surface area contributed by atoms with E-state index in [1.54, 1.807) is 32.2 Å². The Morgan fingerprint density at radius 3 is 2.55 bits per heavy atom. The van der Waals surface area contributed by atoms with Crippen LogP contribution in [-0.2, 0) is 14.3 Å². The van der Waals surface area contributed by atoms with E-state index >= 15 is 0 Å². The third kappa shape index (κ3) is 3.79. The smallest absolute Gasteiger partial charge is 0.317 e. The third-order valence-corrected chi connectivity index (χ3v) is 5.78. The van der Waals surface area contributed by atoms with Crippen molar-refractivity contribution in [3.63, 3.8) is 0 Å². The largest absolute Gasteiger partial charge is 0.507 e. The first-order valence-corrected chi connectivity index (χ1v) is 10.3. The molecule has 0 saturated carbocycles. The number of phenolic OH excluding ortho intramolecular Hbond substituents is 1. The number of rotatable bonds is 5. The van der Waals surface area contributed by atoms with Gasteiger partial charge in [0.1, 0.15) is 17.4 Å². The number of allylic oxidation sites excluding steroid dienone is 2. The molecule has 0 heterocycles. The molecule has 2 atom stereocenters. The average Bonchev–Trinajstić information content (AvgIpc) is 2.78. The number of hydrogen-bond donors (Lipinski definition) is 1. The lowest BCUT2D eigenvalue weighted by molar-refractivity contribution is -0.151. The Bertz CT molecular complexity index is 1180. The van der Waals surface area contributed by atoms with E-state index in [-0.39, 0.29) is 18.1 Å². The van der Waals surface area contributed by atoms with Gasteiger partial charge in [0.2, 0.25) is 0 Å². The van der Waals surface area contributed by atoms with E-state index in [1.165, 1.54) is 6.08 Å². The molecule has 4 rings (SSSR count). The van der Waals surface area contributed by atoms with E-state index in [2.05, 4.69) is 0 Å². The van der Waals surface area contributed by atoms with Gasteiger partial charge in [0.15, 0.2) is 5.78 Å². The minimum Gasteiger partial charge on any atom is -0.507 e. The molecule has 158 valence electrons. The molecule has 0 fully saturated rings. The topological polar surface area (TPSA) is 72.8 Å². The van der Waals surface area contributed by atoms with Crippen molar-refractivity contribution in [2.45, 2.75) is 19.3 Å². The number of ether oxygens (including phenoxy) is 2. The highest BCUT2D eigenvalue weighted by molar-refractivity contribution is 6.11. The lowest BCUT2D eigenvalue weighted by Crippen LogP contribution is -2.34. The van der Waals surface area contributed by atoms with Gasteiger partial charge >= 0.3 is 5.97 Å². The maximum atomic E-state index is 13.2. The lowest BCUT2D eigenvalue weighted by Gasteiger charge is -2.31. The van der Waals surface area contributed by atoms with Crippen molar-refractivity contribution >= 4 is 28.1 Å². The van der Waals surface area contributed by atoms with Gasteiger partial charge in [0, 0.05) is 17.0 Å². The summed E-state index contributed by atoms with van der Waals surface area (Å²) in [5, 5.41) is 12.3. The van der Waals surface area contributed by atoms with Gasteiger partial charge in [-0.2, -0.15) is 0 Å². The first-order chi connectivity index (χ1) is 15.0. The molecular weight excluding hydrogens is 392 g/mol. The second kappa shape index (κ2) is 8.64. The van der Waals surface area contributed by atoms with Crippen molar-refractivity contribution in [1.82, 2.24) is 0 Å². The molecule has 3 aromatic rings. The van der Waals surface area contributed by atoms with Crippen LogP contribution >= 0.6 is 0 Å². The van der Waals surface area contributed by atoms with E-state index < -0.39 is 17.8 Å². The van der Waals surface area contributed by atoms with Gasteiger partial charge in [-0.1, -0.05) is 48.5 Å². The Kier molecular flexibility index (Phi) is 5.76. The van der Waals surface area contributed by atoms with Crippen LogP contribution in [0.3, 0.4) is 0 Å². The normalized spacial score (nSPS) is 18.5. The molecule has 31 heavy (non-hydrogen) atoms. The van der Waals surface area contributed by atoms with Gasteiger partial charge in [0.25, 0.3) is 0 Å². The number of methoxy groups -OCH3 is 1. The fourth-order valence-electron chi connectivity index (χ4n) is 4.42. The van der Waals surface area contributed by atoms with Gasteiger partial charge in [0.05, 0.1) is 13.7 Å². The summed E-state index contributed by atoms with van der Waals surface area (Å²) in [5.74, 6) is -1.63. The highest BCUT2D eigenvalue weighted by Gasteiger charge is 2.41. The van der Waals surface area contributed by atoms with E-state index in [4.69, 9.17) is 9.47 Å². The summed E-state index contributed by atoms with van der Waals surface area (Å²) >= 11 is 0. The quantitative estimate of drug-likeness (QED) is 0.474. The summed E-state index contributed by atoms with van der Waals surface area (Å²) in [4.78, 5) is 26.1. The molecule has 0 amide bonds. The van der Waals surface area contributed by atoms with Crippen molar-refractivity contribution in [2.24, 2.45) is 5.92 Å². The monoisotopic (exact) mass is 416 g/mol. The van der Waals surface area contributed by atoms with E-state index in [0.29, 0.717) is 23.3 Å². The van der Waals surface area contributed by atoms with Crippen molar-refractivity contribution in [3.05, 3.63) is 77.9 Å². The number of fused-ring (bicyclic) bond motifs is 1. The Balaban J connectivity index is 1.92. The number of para-hydroxylation sites is 1. The summed E-state index contributed by atoms with van der Waals surface area (Å²) in [6.07, 6.45) is 1.85. The van der Waals surface area contributed by atoms with Gasteiger partial charge in [-0.25, -0.2) is 0 Å². The number of ketones is 1. The van der Waals surface area contributed by atoms with Crippen LogP contribution < -0.4 is 4.74 Å². The van der Waals surface area contributed by atoms with Crippen LogP contribution in [0.25, 0.3) is 16.3 Å². The second-order valence-corrected chi connectivity index (χ2v) is 7.53. The maximum absolute atomic E-state index is 13.2. The first-order valence-electron chi connectivity index (χ1n) is 10.3. The number of phenols is 1. The molecule has 1 aliphatic rings. The van der Waals surface area contributed by atoms with Crippen LogP contribution in [-0.4, -0.2) is 30.6 Å². The van der Waals surface area contributed by atoms with Crippen LogP contribution in [0.4, 0.5) is 0 Å². The minimum absolute atomic E-state index is 0.0970. The highest BCUT2D eigenvalue weighted by atomic mass is 16.5. The van der Waals surface area contributed by atoms with Crippen molar-refractivity contribution in [3.8, 4) is 11.5 Å². The molecule has 2 unspecified atom stereocenters. The Morgan fingerprint density at radius 2 is 1.81 bits per heavy atom. The Morgan fingerprint density at radius 1 is 1.06 bits per heavy atom. The molecule has 1 aliphatic carbocycles. The summed E-state index contributed by atoms with van der Waals surface area (Å²) in [6.45, 7) is 1.92. The highest BCUT2D eigenvalue weighted by Crippen LogP contribution is 2.47. The van der Waals surface area contributed by atoms with Crippen LogP contribution in [0.1, 0.15) is 30.4 Å². The molecule has 1 N–H and O–H groups in total. The summed E-state index contributed by atoms with van der Waals surface area (Å²) in [6, 6.07) is 18.6. The van der Waals surface area contributed by atoms with E-state index in [1.807, 2.05) is 42.5 Å². The minimum atomic E-state index is -0.978. The fourth-order valence-corrected chi connectivity index (χ4v) is 4.42. The molecule has 0 radical (unpaired) electrons. The second-order valence-electron chi connectivity index (χ2n) is 7.53. The standard InChI is InChI=1S/C26H24O5/c1-3-31-26(29)25-20(14-17(15-22(25)28)18-9-6-7-11-21(18)27)24-19-10-5-4-8-16(19)12-13-23(24)30-2/h4-13,15,20,25,27H,3,14H2,1-2H3. The van der Waals surface area contributed by atoms with E-state index in [0.717, 1.165) is 16.3 Å². The number of benzene rings is 3. The van der Waals surface area contributed by atoms with Gasteiger partial charge in [-0.3, -0.25) is 9.59 Å². The zero-order valence-corrected chi connectivity index (χ0v) is 17.5. The predicted molar refractivity (Wildman–Crippen MR) is 119 cm³/mol. The zero-order chi connectivity index (χ0) is 22.0. The number of aromatic hydroxyl groups is 1. The van der Waals surface area contributed by atoms with Crippen molar-refractivity contribution in [2.75, 3.05) is 13.7 Å². The molecule has 0 aliphatic heterocycles. The van der Waals surface area contributed by atoms with Crippen LogP contribution in [0.2, 0.25) is 0 Å². The Labute approximate surface area is 180 Å². The summed E-state index contributed by atoms with van der Waals surface area (Å²) in [7, 11) is 1.58. The molecule has 0 aromatic heterocycles. The van der Waals surface area contributed by atoms with Crippen LogP contribution in [0, 0.1) is 5.92 Å². The zero-order valence-electron chi connectivity index (χ0n) is 17.5. The average molecular weight is 416 g/mol. The molecule has 0 saturated heterocycles. The molecule has 3 aromatic carbocycles. The number of carbonyl (C=O) groups excluding carboxylic acids is 2. The number of hydrogen-bond acceptors (Lipinski definition) is 5. The van der Waals surface area contributed by atoms with Crippen LogP contribution in [0.5, 0.6) is 11.5 Å². The summed E-state index contributed by atoms with van der Waals surface area (Å²) < 4.78 is 10.9. The fraction of sp³-hybridized carbons (Fsp3) is 0.231. The SMILES string of the molecule is CCOC(=O)C1C(=O)C=C(c2ccccc2O)CC1c1c(OC)ccc2ccccc12. The molecular formula is C26H24O5. The van der Waals surface area contributed by atoms with Gasteiger partial charge in [-0.15, -0.1) is 0 Å². The first kappa shape index (κ1) is 20.7. The molecule has 5 heteroatoms. The third-order valence-electron chi connectivity index (χ3n) is 5.78. The Hall–Kier alpha value is -3.60. The predicted octanol–water partition coefficient (Wildman–Crippen LogP) is 4.87. The molecule has 5 nitrogen and oxygen atoms in total. The number of esters is 1. The van der Waals surface area contributed by atoms with Crippen molar-refractivity contribution < 1.29 is 24.2 Å².